The molecular formula is C13H13ClFNOS. The van der Waals surface area contributed by atoms with E-state index in [4.69, 9.17) is 11.6 Å². The lowest BCUT2D eigenvalue weighted by molar-refractivity contribution is 0.277. The molecule has 1 aromatic rings. The van der Waals surface area contributed by atoms with Crippen LogP contribution in [0.15, 0.2) is 23.0 Å². The molecule has 1 heterocycles. The van der Waals surface area contributed by atoms with Crippen LogP contribution in [0.2, 0.25) is 0 Å². The molecule has 0 saturated heterocycles. The first-order valence-corrected chi connectivity index (χ1v) is 6.83. The van der Waals surface area contributed by atoms with Crippen molar-refractivity contribution in [2.75, 3.05) is 0 Å². The van der Waals surface area contributed by atoms with Crippen molar-refractivity contribution in [2.45, 2.75) is 26.4 Å². The van der Waals surface area contributed by atoms with Gasteiger partial charge in [-0.1, -0.05) is 17.7 Å². The van der Waals surface area contributed by atoms with Crippen molar-refractivity contribution in [3.05, 3.63) is 38.6 Å². The number of allylic oxidation sites excluding steroid dienone is 5. The lowest BCUT2D eigenvalue weighted by Crippen LogP contribution is -1.93. The molecule has 1 aromatic heterocycles. The van der Waals surface area contributed by atoms with Gasteiger partial charge in [-0.05, 0) is 31.1 Å². The van der Waals surface area contributed by atoms with Crippen molar-refractivity contribution in [3.63, 3.8) is 0 Å². The number of halogens is 2. The highest BCUT2D eigenvalue weighted by atomic mass is 35.5. The molecule has 0 atom stereocenters. The maximum Gasteiger partial charge on any atom is 0.120 e. The molecule has 2 nitrogen and oxygen atoms in total. The third-order valence-corrected chi connectivity index (χ3v) is 4.10. The molecule has 0 amide bonds. The maximum atomic E-state index is 13.2. The van der Waals surface area contributed by atoms with Gasteiger partial charge >= 0.3 is 0 Å². The van der Waals surface area contributed by atoms with Crippen LogP contribution in [-0.2, 0) is 6.61 Å². The second kappa shape index (κ2) is 5.78. The largest absolute Gasteiger partial charge is 0.390 e. The Hall–Kier alpha value is -0.970. The number of thiazole rings is 1. The minimum absolute atomic E-state index is 0.0958. The average molecular weight is 286 g/mol. The van der Waals surface area contributed by atoms with Crippen LogP contribution in [0.4, 0.5) is 4.39 Å². The molecule has 0 spiro atoms. The zero-order valence-electron chi connectivity index (χ0n) is 9.91. The summed E-state index contributed by atoms with van der Waals surface area (Å²) in [6.07, 6.45) is 6.35. The van der Waals surface area contributed by atoms with Crippen molar-refractivity contribution < 1.29 is 9.50 Å². The van der Waals surface area contributed by atoms with Crippen LogP contribution in [0.1, 0.15) is 35.3 Å². The zero-order chi connectivity index (χ0) is 13.1. The standard InChI is InChI=1S/C13H13ClFNOS/c1-2-3-12-11(7-17)16-13(18-12)8-4-5-10(15)9(14)6-8/h2-3,6,17H,4-5,7H2,1H3/b3-2+. The summed E-state index contributed by atoms with van der Waals surface area (Å²) in [7, 11) is 0. The molecule has 0 unspecified atom stereocenters. The Labute approximate surface area is 114 Å². The Bertz CT molecular complexity index is 545. The number of rotatable bonds is 3. The number of hydrogen-bond acceptors (Lipinski definition) is 3. The summed E-state index contributed by atoms with van der Waals surface area (Å²) in [5.41, 5.74) is 1.58. The molecule has 1 aliphatic rings. The number of aliphatic hydroxyl groups excluding tert-OH is 1. The van der Waals surface area contributed by atoms with Crippen LogP contribution in [0.5, 0.6) is 0 Å². The zero-order valence-corrected chi connectivity index (χ0v) is 11.5. The van der Waals surface area contributed by atoms with Crippen LogP contribution >= 0.6 is 22.9 Å². The smallest absolute Gasteiger partial charge is 0.120 e. The van der Waals surface area contributed by atoms with Gasteiger partial charge < -0.3 is 5.11 Å². The van der Waals surface area contributed by atoms with E-state index in [-0.39, 0.29) is 17.5 Å². The molecule has 1 aliphatic carbocycles. The summed E-state index contributed by atoms with van der Waals surface area (Å²) in [6, 6.07) is 0. The summed E-state index contributed by atoms with van der Waals surface area (Å²) in [5.74, 6) is -0.270. The van der Waals surface area contributed by atoms with Crippen molar-refractivity contribution in [1.82, 2.24) is 4.98 Å². The monoisotopic (exact) mass is 285 g/mol. The molecule has 18 heavy (non-hydrogen) atoms. The summed E-state index contributed by atoms with van der Waals surface area (Å²) in [5, 5.41) is 10.2. The fourth-order valence-corrected chi connectivity index (χ4v) is 3.05. The van der Waals surface area contributed by atoms with Gasteiger partial charge in [-0.2, -0.15) is 0 Å². The molecule has 0 bridgehead atoms. The fourth-order valence-electron chi connectivity index (χ4n) is 1.73. The van der Waals surface area contributed by atoms with E-state index in [1.54, 1.807) is 6.08 Å². The minimum Gasteiger partial charge on any atom is -0.390 e. The Balaban J connectivity index is 2.38. The first-order chi connectivity index (χ1) is 8.65. The molecule has 2 rings (SSSR count). The van der Waals surface area contributed by atoms with Crippen LogP contribution in [0.25, 0.3) is 11.6 Å². The maximum absolute atomic E-state index is 13.2. The van der Waals surface area contributed by atoms with Gasteiger partial charge in [0, 0.05) is 6.42 Å². The van der Waals surface area contributed by atoms with Gasteiger partial charge in [0.2, 0.25) is 0 Å². The van der Waals surface area contributed by atoms with Crippen LogP contribution in [0, 0.1) is 0 Å². The SMILES string of the molecule is C/C=C/c1sc(C2=CC(Cl)=C(F)CC2)nc1CO. The van der Waals surface area contributed by atoms with E-state index in [0.29, 0.717) is 18.5 Å². The molecule has 0 saturated carbocycles. The van der Waals surface area contributed by atoms with Gasteiger partial charge in [-0.15, -0.1) is 11.3 Å². The van der Waals surface area contributed by atoms with Gasteiger partial charge in [0.25, 0.3) is 0 Å². The van der Waals surface area contributed by atoms with E-state index >= 15 is 0 Å². The van der Waals surface area contributed by atoms with Crippen molar-refractivity contribution in [2.24, 2.45) is 0 Å². The highest BCUT2D eigenvalue weighted by molar-refractivity contribution is 7.13. The van der Waals surface area contributed by atoms with Crippen molar-refractivity contribution >= 4 is 34.6 Å². The Kier molecular flexibility index (Phi) is 4.32. The van der Waals surface area contributed by atoms with E-state index in [1.807, 2.05) is 19.1 Å². The highest BCUT2D eigenvalue weighted by Crippen LogP contribution is 2.35. The van der Waals surface area contributed by atoms with Crippen LogP contribution in [0.3, 0.4) is 0 Å². The Morgan fingerprint density at radius 1 is 1.56 bits per heavy atom. The molecule has 0 radical (unpaired) electrons. The number of aromatic nitrogens is 1. The molecular weight excluding hydrogens is 273 g/mol. The predicted octanol–water partition coefficient (Wildman–Crippen LogP) is 4.27. The fraction of sp³-hybridized carbons (Fsp3) is 0.308. The van der Waals surface area contributed by atoms with Crippen molar-refractivity contribution in [3.8, 4) is 0 Å². The quantitative estimate of drug-likeness (QED) is 0.900. The predicted molar refractivity (Wildman–Crippen MR) is 73.9 cm³/mol. The summed E-state index contributed by atoms with van der Waals surface area (Å²) in [4.78, 5) is 5.31. The third kappa shape index (κ3) is 2.71. The summed E-state index contributed by atoms with van der Waals surface area (Å²) in [6.45, 7) is 1.82. The second-order valence-corrected chi connectivity index (χ2v) is 5.35. The molecule has 0 fully saturated rings. The third-order valence-electron chi connectivity index (χ3n) is 2.64. The number of hydrogen-bond donors (Lipinski definition) is 1. The molecule has 0 aliphatic heterocycles. The van der Waals surface area contributed by atoms with Crippen LogP contribution < -0.4 is 0 Å². The lowest BCUT2D eigenvalue weighted by atomic mass is 10.1. The molecule has 96 valence electrons. The number of nitrogens with zero attached hydrogens (tertiary/aromatic N) is 1. The average Bonchev–Trinajstić information content (AvgIpc) is 2.76. The van der Waals surface area contributed by atoms with Gasteiger partial charge in [0.15, 0.2) is 0 Å². The van der Waals surface area contributed by atoms with E-state index < -0.39 is 0 Å². The van der Waals surface area contributed by atoms with Gasteiger partial charge in [-0.25, -0.2) is 9.37 Å². The molecule has 5 heteroatoms. The Morgan fingerprint density at radius 3 is 2.94 bits per heavy atom. The lowest BCUT2D eigenvalue weighted by Gasteiger charge is -2.09. The number of aliphatic hydroxyl groups is 1. The summed E-state index contributed by atoms with van der Waals surface area (Å²) >= 11 is 7.28. The second-order valence-electron chi connectivity index (χ2n) is 3.91. The van der Waals surface area contributed by atoms with Crippen LogP contribution in [-0.4, -0.2) is 10.1 Å². The molecule has 1 N–H and O–H groups in total. The first-order valence-electron chi connectivity index (χ1n) is 5.64. The van der Waals surface area contributed by atoms with E-state index in [1.165, 1.54) is 11.3 Å². The summed E-state index contributed by atoms with van der Waals surface area (Å²) < 4.78 is 13.2. The topological polar surface area (TPSA) is 33.1 Å². The van der Waals surface area contributed by atoms with E-state index in [9.17, 15) is 9.50 Å². The normalized spacial score (nSPS) is 16.6. The van der Waals surface area contributed by atoms with E-state index in [2.05, 4.69) is 4.98 Å². The van der Waals surface area contributed by atoms with Gasteiger partial charge in [0.1, 0.15) is 10.8 Å². The highest BCUT2D eigenvalue weighted by Gasteiger charge is 2.17. The minimum atomic E-state index is -0.270. The van der Waals surface area contributed by atoms with Gasteiger partial charge in [-0.3, -0.25) is 0 Å². The van der Waals surface area contributed by atoms with E-state index in [0.717, 1.165) is 15.5 Å². The molecule has 0 aromatic carbocycles. The first kappa shape index (κ1) is 13.5. The van der Waals surface area contributed by atoms with Gasteiger partial charge in [0.05, 0.1) is 22.2 Å². The van der Waals surface area contributed by atoms with Crippen molar-refractivity contribution in [1.29, 1.82) is 0 Å². The Morgan fingerprint density at radius 2 is 2.33 bits per heavy atom.